The van der Waals surface area contributed by atoms with E-state index >= 15 is 0 Å². The van der Waals surface area contributed by atoms with Crippen molar-refractivity contribution in [3.05, 3.63) is 35.8 Å². The third kappa shape index (κ3) is 1.63. The van der Waals surface area contributed by atoms with Gasteiger partial charge in [0.2, 0.25) is 0 Å². The van der Waals surface area contributed by atoms with Gasteiger partial charge in [0, 0.05) is 17.1 Å². The fourth-order valence-electron chi connectivity index (χ4n) is 1.42. The van der Waals surface area contributed by atoms with Crippen molar-refractivity contribution in [2.24, 2.45) is 0 Å². The van der Waals surface area contributed by atoms with Gasteiger partial charge in [0.15, 0.2) is 0 Å². The number of fused-ring (bicyclic) bond motifs is 1. The predicted molar refractivity (Wildman–Crippen MR) is 52.3 cm³/mol. The molecule has 1 aromatic heterocycles. The van der Waals surface area contributed by atoms with E-state index < -0.39 is 10.7 Å². The quantitative estimate of drug-likeness (QED) is 0.741. The van der Waals surface area contributed by atoms with E-state index in [-0.39, 0.29) is 11.6 Å². The molecule has 0 atom stereocenters. The predicted octanol–water partition coefficient (Wildman–Crippen LogP) is 1.42. The first-order valence-corrected chi connectivity index (χ1v) is 5.40. The molecule has 0 saturated carbocycles. The monoisotopic (exact) mass is 213 g/mol. The zero-order valence-corrected chi connectivity index (χ0v) is 8.05. The third-order valence-electron chi connectivity index (χ3n) is 2.03. The summed E-state index contributed by atoms with van der Waals surface area (Å²) in [4.78, 5) is 2.89. The van der Waals surface area contributed by atoms with Crippen LogP contribution < -0.4 is 0 Å². The molecular weight excluding hydrogens is 205 g/mol. The van der Waals surface area contributed by atoms with Crippen molar-refractivity contribution < 1.29 is 12.8 Å². The lowest BCUT2D eigenvalue weighted by Crippen LogP contribution is -1.84. The maximum Gasteiger partial charge on any atom is 0.144 e. The lowest BCUT2D eigenvalue weighted by atomic mass is 10.2. The fourth-order valence-corrected chi connectivity index (χ4v) is 1.96. The van der Waals surface area contributed by atoms with Gasteiger partial charge in [-0.05, 0) is 23.8 Å². The van der Waals surface area contributed by atoms with Gasteiger partial charge in [0.05, 0.1) is 5.75 Å². The van der Waals surface area contributed by atoms with Gasteiger partial charge in [-0.25, -0.2) is 12.8 Å². The Labute approximate surface area is 81.5 Å². The lowest BCUT2D eigenvalue weighted by molar-refractivity contribution is 0.614. The topological polar surface area (TPSA) is 49.9 Å². The van der Waals surface area contributed by atoms with Crippen molar-refractivity contribution >= 4 is 21.6 Å². The Morgan fingerprint density at radius 3 is 2.86 bits per heavy atom. The van der Waals surface area contributed by atoms with Crippen LogP contribution >= 0.6 is 0 Å². The molecule has 0 spiro atoms. The molecule has 0 aliphatic rings. The molecule has 0 fully saturated rings. The van der Waals surface area contributed by atoms with Crippen LogP contribution in [0.1, 0.15) is 5.56 Å². The van der Waals surface area contributed by atoms with E-state index in [0.29, 0.717) is 10.9 Å². The molecule has 2 aromatic rings. The number of rotatable bonds is 2. The van der Waals surface area contributed by atoms with Gasteiger partial charge >= 0.3 is 0 Å². The summed E-state index contributed by atoms with van der Waals surface area (Å²) in [6.07, 6.45) is 1.59. The summed E-state index contributed by atoms with van der Waals surface area (Å²) < 4.78 is 33.9. The van der Waals surface area contributed by atoms with Gasteiger partial charge < -0.3 is 4.98 Å². The SMILES string of the molecule is O=[SH](=O)Cc1c[nH]c2ccc(F)cc12. The van der Waals surface area contributed by atoms with Gasteiger partial charge in [0.25, 0.3) is 0 Å². The van der Waals surface area contributed by atoms with E-state index in [4.69, 9.17) is 0 Å². The molecule has 1 aromatic carbocycles. The highest BCUT2D eigenvalue weighted by Gasteiger charge is 2.05. The second-order valence-corrected chi connectivity index (χ2v) is 3.98. The molecule has 0 bridgehead atoms. The molecule has 0 amide bonds. The van der Waals surface area contributed by atoms with Crippen LogP contribution in [-0.4, -0.2) is 13.4 Å². The summed E-state index contributed by atoms with van der Waals surface area (Å²) in [6.45, 7) is 0. The van der Waals surface area contributed by atoms with Crippen LogP contribution in [0.4, 0.5) is 4.39 Å². The van der Waals surface area contributed by atoms with Gasteiger partial charge in [-0.15, -0.1) is 0 Å². The Morgan fingerprint density at radius 1 is 1.36 bits per heavy atom. The summed E-state index contributed by atoms with van der Waals surface area (Å²) in [5, 5.41) is 0.629. The number of hydrogen-bond donors (Lipinski definition) is 2. The molecule has 1 heterocycles. The summed E-state index contributed by atoms with van der Waals surface area (Å²) in [5.41, 5.74) is 1.36. The highest BCUT2D eigenvalue weighted by atomic mass is 32.2. The number of benzene rings is 1. The van der Waals surface area contributed by atoms with E-state index in [0.717, 1.165) is 5.52 Å². The van der Waals surface area contributed by atoms with Crippen molar-refractivity contribution in [3.63, 3.8) is 0 Å². The van der Waals surface area contributed by atoms with E-state index in [9.17, 15) is 12.8 Å². The van der Waals surface area contributed by atoms with E-state index in [2.05, 4.69) is 4.98 Å². The Hall–Kier alpha value is -1.36. The van der Waals surface area contributed by atoms with Crippen LogP contribution in [0.25, 0.3) is 10.9 Å². The Bertz CT molecular complexity index is 537. The van der Waals surface area contributed by atoms with Crippen LogP contribution in [0.5, 0.6) is 0 Å². The summed E-state index contributed by atoms with van der Waals surface area (Å²) in [6, 6.07) is 4.26. The van der Waals surface area contributed by atoms with Gasteiger partial charge in [-0.3, -0.25) is 0 Å². The molecule has 0 saturated heterocycles. The van der Waals surface area contributed by atoms with Crippen molar-refractivity contribution in [1.29, 1.82) is 0 Å². The minimum absolute atomic E-state index is 0.0568. The van der Waals surface area contributed by atoms with Crippen LogP contribution in [0, 0.1) is 5.82 Å². The van der Waals surface area contributed by atoms with Crippen LogP contribution in [0.2, 0.25) is 0 Å². The molecule has 1 N–H and O–H groups in total. The van der Waals surface area contributed by atoms with Crippen molar-refractivity contribution in [1.82, 2.24) is 4.98 Å². The smallest absolute Gasteiger partial charge is 0.144 e. The number of halogens is 1. The summed E-state index contributed by atoms with van der Waals surface area (Å²) in [5.74, 6) is -0.418. The van der Waals surface area contributed by atoms with Crippen LogP contribution in [0.15, 0.2) is 24.4 Å². The molecular formula is C9H8FNO2S. The number of H-pyrrole nitrogens is 1. The molecule has 0 radical (unpaired) electrons. The maximum atomic E-state index is 12.9. The van der Waals surface area contributed by atoms with E-state index in [1.165, 1.54) is 12.1 Å². The summed E-state index contributed by atoms with van der Waals surface area (Å²) >= 11 is 0. The minimum atomic E-state index is -2.48. The minimum Gasteiger partial charge on any atom is -0.361 e. The van der Waals surface area contributed by atoms with Gasteiger partial charge in [-0.2, -0.15) is 0 Å². The zero-order chi connectivity index (χ0) is 10.1. The van der Waals surface area contributed by atoms with Crippen molar-refractivity contribution in [3.8, 4) is 0 Å². The standard InChI is InChI=1S/C9H8FNO2S/c10-7-1-2-9-8(3-7)6(4-11-9)5-14(12)13/h1-4,11,14H,5H2. The van der Waals surface area contributed by atoms with Crippen molar-refractivity contribution in [2.45, 2.75) is 5.75 Å². The Balaban J connectivity index is 2.60. The third-order valence-corrected chi connectivity index (χ3v) is 2.63. The van der Waals surface area contributed by atoms with Crippen LogP contribution in [0.3, 0.4) is 0 Å². The fraction of sp³-hybridized carbons (Fsp3) is 0.111. The van der Waals surface area contributed by atoms with Crippen molar-refractivity contribution in [2.75, 3.05) is 0 Å². The first kappa shape index (κ1) is 9.21. The molecule has 2 rings (SSSR count). The molecule has 0 unspecified atom stereocenters. The number of aromatic nitrogens is 1. The number of aromatic amines is 1. The maximum absolute atomic E-state index is 12.9. The Kier molecular flexibility index (Phi) is 2.25. The Morgan fingerprint density at radius 2 is 2.14 bits per heavy atom. The number of nitrogens with one attached hydrogen (secondary N) is 1. The van der Waals surface area contributed by atoms with Gasteiger partial charge in [-0.1, -0.05) is 0 Å². The molecule has 0 aliphatic carbocycles. The first-order chi connectivity index (χ1) is 6.66. The highest BCUT2D eigenvalue weighted by molar-refractivity contribution is 7.71. The molecule has 0 aliphatic heterocycles. The highest BCUT2D eigenvalue weighted by Crippen LogP contribution is 2.19. The zero-order valence-electron chi connectivity index (χ0n) is 7.16. The first-order valence-electron chi connectivity index (χ1n) is 4.04. The normalized spacial score (nSPS) is 11.3. The number of thiol groups is 1. The summed E-state index contributed by atoms with van der Waals surface area (Å²) in [7, 11) is -2.48. The average Bonchev–Trinajstić information content (AvgIpc) is 2.47. The number of hydrogen-bond acceptors (Lipinski definition) is 2. The average molecular weight is 213 g/mol. The lowest BCUT2D eigenvalue weighted by Gasteiger charge is -1.93. The molecule has 14 heavy (non-hydrogen) atoms. The second-order valence-electron chi connectivity index (χ2n) is 2.99. The van der Waals surface area contributed by atoms with Gasteiger partial charge in [0.1, 0.15) is 16.5 Å². The van der Waals surface area contributed by atoms with E-state index in [1.807, 2.05) is 0 Å². The molecule has 5 heteroatoms. The largest absolute Gasteiger partial charge is 0.361 e. The van der Waals surface area contributed by atoms with Crippen LogP contribution in [-0.2, 0) is 16.5 Å². The molecule has 3 nitrogen and oxygen atoms in total. The van der Waals surface area contributed by atoms with E-state index in [1.54, 1.807) is 12.3 Å². The second kappa shape index (κ2) is 3.42. The molecule has 74 valence electrons.